The van der Waals surface area contributed by atoms with E-state index >= 15 is 0 Å². The summed E-state index contributed by atoms with van der Waals surface area (Å²) in [5, 5.41) is 9.13. The van der Waals surface area contributed by atoms with Crippen molar-refractivity contribution in [2.45, 2.75) is 25.8 Å². The van der Waals surface area contributed by atoms with Crippen LogP contribution in [0.3, 0.4) is 0 Å². The van der Waals surface area contributed by atoms with Crippen molar-refractivity contribution >= 4 is 11.3 Å². The number of β-amino-alcohol motifs (C(OH)–C–C–N with tert-alkyl or cyclic N) is 1. The molecule has 0 spiro atoms. The molecule has 0 bridgehead atoms. The Bertz CT molecular complexity index is 604. The molecule has 1 aliphatic rings. The average molecular weight is 346 g/mol. The zero-order valence-electron chi connectivity index (χ0n) is 14.6. The number of aromatic nitrogens is 1. The molecule has 0 aliphatic carbocycles. The summed E-state index contributed by atoms with van der Waals surface area (Å²) in [5.41, 5.74) is 4.65. The lowest BCUT2D eigenvalue weighted by molar-refractivity contribution is 0.0953. The van der Waals surface area contributed by atoms with E-state index in [2.05, 4.69) is 52.9 Å². The van der Waals surface area contributed by atoms with Gasteiger partial charge in [0.1, 0.15) is 0 Å². The Morgan fingerprint density at radius 2 is 1.75 bits per heavy atom. The van der Waals surface area contributed by atoms with Gasteiger partial charge in [-0.3, -0.25) is 14.8 Å². The van der Waals surface area contributed by atoms with Crippen molar-refractivity contribution in [1.29, 1.82) is 0 Å². The summed E-state index contributed by atoms with van der Waals surface area (Å²) in [5.74, 6) is 0.558. The third-order valence-corrected chi connectivity index (χ3v) is 5.66. The predicted octanol–water partition coefficient (Wildman–Crippen LogP) is 2.97. The largest absolute Gasteiger partial charge is 0.395 e. The highest BCUT2D eigenvalue weighted by atomic mass is 32.1. The van der Waals surface area contributed by atoms with Crippen LogP contribution in [0.15, 0.2) is 36.0 Å². The number of thiazole rings is 1. The molecule has 3 rings (SSSR count). The molecule has 0 radical (unpaired) electrons. The van der Waals surface area contributed by atoms with E-state index in [1.807, 2.05) is 11.7 Å². The maximum Gasteiger partial charge on any atom is 0.0794 e. The van der Waals surface area contributed by atoms with E-state index < -0.39 is 0 Å². The first-order chi connectivity index (χ1) is 11.7. The maximum absolute atomic E-state index is 9.13. The van der Waals surface area contributed by atoms with Crippen LogP contribution in [0.2, 0.25) is 0 Å². The second-order valence-corrected chi connectivity index (χ2v) is 7.65. The summed E-state index contributed by atoms with van der Waals surface area (Å²) in [6.07, 6.45) is 2.01. The van der Waals surface area contributed by atoms with Gasteiger partial charge in [-0.1, -0.05) is 38.1 Å². The SMILES string of the molecule is CC(C)c1ccc(C(c2cncs2)N2CCN(CCO)CC2)cc1. The Kier molecular flexibility index (Phi) is 6.00. The van der Waals surface area contributed by atoms with E-state index in [1.54, 1.807) is 11.3 Å². The molecule has 1 atom stereocenters. The zero-order chi connectivity index (χ0) is 16.9. The topological polar surface area (TPSA) is 39.6 Å². The molecule has 0 amide bonds. The monoisotopic (exact) mass is 345 g/mol. The van der Waals surface area contributed by atoms with Gasteiger partial charge in [-0.05, 0) is 17.0 Å². The van der Waals surface area contributed by atoms with Gasteiger partial charge in [-0.2, -0.15) is 0 Å². The number of aliphatic hydroxyl groups is 1. The fourth-order valence-corrected chi connectivity index (χ4v) is 4.14. The van der Waals surface area contributed by atoms with Crippen LogP contribution in [0.5, 0.6) is 0 Å². The molecule has 1 unspecified atom stereocenters. The van der Waals surface area contributed by atoms with Crippen molar-refractivity contribution < 1.29 is 5.11 Å². The molecular formula is C19H27N3OS. The number of hydrogen-bond acceptors (Lipinski definition) is 5. The molecule has 24 heavy (non-hydrogen) atoms. The van der Waals surface area contributed by atoms with E-state index in [0.29, 0.717) is 5.92 Å². The van der Waals surface area contributed by atoms with E-state index in [9.17, 15) is 0 Å². The Labute approximate surface area is 148 Å². The summed E-state index contributed by atoms with van der Waals surface area (Å²) in [4.78, 5) is 10.5. The molecular weight excluding hydrogens is 318 g/mol. The second kappa shape index (κ2) is 8.21. The fraction of sp³-hybridized carbons (Fsp3) is 0.526. The van der Waals surface area contributed by atoms with Crippen molar-refractivity contribution in [3.63, 3.8) is 0 Å². The van der Waals surface area contributed by atoms with Crippen molar-refractivity contribution in [1.82, 2.24) is 14.8 Å². The van der Waals surface area contributed by atoms with Gasteiger partial charge in [0, 0.05) is 43.8 Å². The summed E-state index contributed by atoms with van der Waals surface area (Å²) < 4.78 is 0. The number of hydrogen-bond donors (Lipinski definition) is 1. The lowest BCUT2D eigenvalue weighted by Gasteiger charge is -2.39. The van der Waals surface area contributed by atoms with Crippen molar-refractivity contribution in [2.75, 3.05) is 39.3 Å². The Hall–Kier alpha value is -1.27. The molecule has 5 heteroatoms. The smallest absolute Gasteiger partial charge is 0.0794 e. The molecule has 1 N–H and O–H groups in total. The minimum atomic E-state index is 0.245. The number of aliphatic hydroxyl groups excluding tert-OH is 1. The van der Waals surface area contributed by atoms with Gasteiger partial charge in [0.15, 0.2) is 0 Å². The molecule has 130 valence electrons. The van der Waals surface area contributed by atoms with Crippen LogP contribution >= 0.6 is 11.3 Å². The fourth-order valence-electron chi connectivity index (χ4n) is 3.37. The molecule has 4 nitrogen and oxygen atoms in total. The standard InChI is InChI=1S/C19H27N3OS/c1-15(2)16-3-5-17(6-4-16)19(18-13-20-14-24-18)22-9-7-21(8-10-22)11-12-23/h3-6,13-15,19,23H,7-12H2,1-2H3. The number of piperazine rings is 1. The molecule has 1 saturated heterocycles. The minimum Gasteiger partial charge on any atom is -0.395 e. The third-order valence-electron chi connectivity index (χ3n) is 4.83. The van der Waals surface area contributed by atoms with Crippen molar-refractivity contribution in [3.8, 4) is 0 Å². The summed E-state index contributed by atoms with van der Waals surface area (Å²) in [7, 11) is 0. The van der Waals surface area contributed by atoms with E-state index in [1.165, 1.54) is 16.0 Å². The zero-order valence-corrected chi connectivity index (χ0v) is 15.4. The molecule has 2 aromatic rings. The van der Waals surface area contributed by atoms with Gasteiger partial charge in [0.25, 0.3) is 0 Å². The van der Waals surface area contributed by atoms with Gasteiger partial charge in [0.2, 0.25) is 0 Å². The molecule has 0 saturated carbocycles. The van der Waals surface area contributed by atoms with E-state index in [0.717, 1.165) is 32.7 Å². The predicted molar refractivity (Wildman–Crippen MR) is 99.6 cm³/mol. The van der Waals surface area contributed by atoms with Crippen LogP contribution in [0.1, 0.15) is 41.8 Å². The van der Waals surface area contributed by atoms with Crippen LogP contribution in [0.25, 0.3) is 0 Å². The van der Waals surface area contributed by atoms with Crippen molar-refractivity contribution in [2.24, 2.45) is 0 Å². The molecule has 2 heterocycles. The highest BCUT2D eigenvalue weighted by Crippen LogP contribution is 2.32. The first-order valence-corrected chi connectivity index (χ1v) is 9.62. The van der Waals surface area contributed by atoms with Crippen molar-refractivity contribution in [3.05, 3.63) is 52.0 Å². The van der Waals surface area contributed by atoms with E-state index in [4.69, 9.17) is 5.11 Å². The second-order valence-electron chi connectivity index (χ2n) is 6.73. The number of nitrogens with zero attached hydrogens (tertiary/aromatic N) is 3. The maximum atomic E-state index is 9.13. The lowest BCUT2D eigenvalue weighted by Crippen LogP contribution is -2.48. The highest BCUT2D eigenvalue weighted by molar-refractivity contribution is 7.09. The van der Waals surface area contributed by atoms with Crippen LogP contribution in [0, 0.1) is 0 Å². The van der Waals surface area contributed by atoms with Gasteiger partial charge >= 0.3 is 0 Å². The lowest BCUT2D eigenvalue weighted by atomic mass is 9.97. The normalized spacial score (nSPS) is 18.2. The highest BCUT2D eigenvalue weighted by Gasteiger charge is 2.27. The van der Waals surface area contributed by atoms with Crippen LogP contribution < -0.4 is 0 Å². The molecule has 1 fully saturated rings. The van der Waals surface area contributed by atoms with Gasteiger partial charge in [-0.25, -0.2) is 0 Å². The van der Waals surface area contributed by atoms with Gasteiger partial charge in [-0.15, -0.1) is 11.3 Å². The van der Waals surface area contributed by atoms with Crippen LogP contribution in [-0.4, -0.2) is 59.2 Å². The number of rotatable bonds is 6. The quantitative estimate of drug-likeness (QED) is 0.874. The third kappa shape index (κ3) is 4.03. The minimum absolute atomic E-state index is 0.245. The van der Waals surface area contributed by atoms with Crippen LogP contribution in [0.4, 0.5) is 0 Å². The van der Waals surface area contributed by atoms with Gasteiger partial charge < -0.3 is 5.11 Å². The first-order valence-electron chi connectivity index (χ1n) is 8.74. The van der Waals surface area contributed by atoms with Crippen LogP contribution in [-0.2, 0) is 0 Å². The summed E-state index contributed by atoms with van der Waals surface area (Å²) >= 11 is 1.73. The Morgan fingerprint density at radius 3 is 2.29 bits per heavy atom. The van der Waals surface area contributed by atoms with E-state index in [-0.39, 0.29) is 12.6 Å². The molecule has 1 aromatic heterocycles. The summed E-state index contributed by atoms with van der Waals surface area (Å²) in [6.45, 7) is 9.56. The van der Waals surface area contributed by atoms with Gasteiger partial charge in [0.05, 0.1) is 18.2 Å². The molecule has 1 aliphatic heterocycles. The Balaban J connectivity index is 1.80. The first kappa shape index (κ1) is 17.5. The molecule has 1 aromatic carbocycles. The Morgan fingerprint density at radius 1 is 1.08 bits per heavy atom. The average Bonchev–Trinajstić information content (AvgIpc) is 3.11. The number of benzene rings is 1. The summed E-state index contributed by atoms with van der Waals surface area (Å²) in [6, 6.07) is 9.36.